The van der Waals surface area contributed by atoms with Crippen LogP contribution in [0.5, 0.6) is 0 Å². The van der Waals surface area contributed by atoms with Gasteiger partial charge in [0.1, 0.15) is 0 Å². The summed E-state index contributed by atoms with van der Waals surface area (Å²) in [6.07, 6.45) is 6.73. The Morgan fingerprint density at radius 2 is 2.24 bits per heavy atom. The standard InChI is InChI=1S/C17H24N4/c1-3-18-17(11-14-12-21(2)20-19-14)16-10-6-8-13-7-4-5-9-15(13)16/h4-5,7,9,12,16-18H,3,6,8,10-11H2,1-2H3. The van der Waals surface area contributed by atoms with Crippen molar-refractivity contribution in [3.8, 4) is 0 Å². The van der Waals surface area contributed by atoms with Crippen LogP contribution in [0.25, 0.3) is 0 Å². The quantitative estimate of drug-likeness (QED) is 0.917. The molecule has 2 atom stereocenters. The average molecular weight is 284 g/mol. The molecule has 0 amide bonds. The first-order valence-electron chi connectivity index (χ1n) is 7.94. The molecule has 2 unspecified atom stereocenters. The van der Waals surface area contributed by atoms with Gasteiger partial charge in [0.05, 0.1) is 5.69 Å². The highest BCUT2D eigenvalue weighted by Gasteiger charge is 2.27. The van der Waals surface area contributed by atoms with Gasteiger partial charge in [-0.1, -0.05) is 36.4 Å². The van der Waals surface area contributed by atoms with Gasteiger partial charge in [0, 0.05) is 25.7 Å². The van der Waals surface area contributed by atoms with Crippen molar-refractivity contribution in [1.82, 2.24) is 20.3 Å². The van der Waals surface area contributed by atoms with Crippen molar-refractivity contribution in [2.75, 3.05) is 6.54 Å². The maximum atomic E-state index is 4.26. The maximum absolute atomic E-state index is 4.26. The fourth-order valence-corrected chi connectivity index (χ4v) is 3.54. The number of nitrogens with one attached hydrogen (secondary N) is 1. The van der Waals surface area contributed by atoms with E-state index in [-0.39, 0.29) is 0 Å². The molecule has 1 aromatic carbocycles. The molecule has 1 heterocycles. The highest BCUT2D eigenvalue weighted by Crippen LogP contribution is 2.34. The largest absolute Gasteiger partial charge is 0.313 e. The molecule has 0 bridgehead atoms. The number of likely N-dealkylation sites (N-methyl/N-ethyl adjacent to an activating group) is 1. The number of aryl methyl sites for hydroxylation is 2. The molecule has 0 fully saturated rings. The lowest BCUT2D eigenvalue weighted by Crippen LogP contribution is -2.38. The molecule has 1 N–H and O–H groups in total. The second kappa shape index (κ2) is 6.39. The normalized spacial score (nSPS) is 19.2. The Morgan fingerprint density at radius 3 is 3.00 bits per heavy atom. The number of hydrogen-bond acceptors (Lipinski definition) is 3. The van der Waals surface area contributed by atoms with Crippen molar-refractivity contribution in [2.45, 2.75) is 44.6 Å². The molecule has 0 saturated heterocycles. The van der Waals surface area contributed by atoms with E-state index in [9.17, 15) is 0 Å². The Morgan fingerprint density at radius 1 is 1.38 bits per heavy atom. The topological polar surface area (TPSA) is 42.7 Å². The second-order valence-corrected chi connectivity index (χ2v) is 5.95. The zero-order valence-corrected chi connectivity index (χ0v) is 12.9. The minimum absolute atomic E-state index is 0.438. The molecule has 0 spiro atoms. The lowest BCUT2D eigenvalue weighted by Gasteiger charge is -2.32. The molecular formula is C17H24N4. The number of nitrogens with zero attached hydrogens (tertiary/aromatic N) is 3. The Labute approximate surface area is 126 Å². The van der Waals surface area contributed by atoms with E-state index < -0.39 is 0 Å². The smallest absolute Gasteiger partial charge is 0.0842 e. The summed E-state index contributed by atoms with van der Waals surface area (Å²) in [4.78, 5) is 0. The minimum Gasteiger partial charge on any atom is -0.313 e. The summed E-state index contributed by atoms with van der Waals surface area (Å²) in [6.45, 7) is 3.17. The first-order chi connectivity index (χ1) is 10.3. The van der Waals surface area contributed by atoms with Gasteiger partial charge >= 0.3 is 0 Å². The number of fused-ring (bicyclic) bond motifs is 1. The van der Waals surface area contributed by atoms with Gasteiger partial charge in [-0.15, -0.1) is 5.10 Å². The van der Waals surface area contributed by atoms with Crippen LogP contribution >= 0.6 is 0 Å². The zero-order valence-electron chi connectivity index (χ0n) is 12.9. The highest BCUT2D eigenvalue weighted by molar-refractivity contribution is 5.34. The first kappa shape index (κ1) is 14.3. The molecule has 0 saturated carbocycles. The first-order valence-corrected chi connectivity index (χ1v) is 7.94. The monoisotopic (exact) mass is 284 g/mol. The summed E-state index contributed by atoms with van der Waals surface area (Å²) in [7, 11) is 1.93. The van der Waals surface area contributed by atoms with E-state index in [0.717, 1.165) is 18.7 Å². The molecule has 21 heavy (non-hydrogen) atoms. The van der Waals surface area contributed by atoms with Crippen LogP contribution in [0.3, 0.4) is 0 Å². The van der Waals surface area contributed by atoms with E-state index in [4.69, 9.17) is 0 Å². The summed E-state index contributed by atoms with van der Waals surface area (Å²) in [5, 5.41) is 12.0. The van der Waals surface area contributed by atoms with Gasteiger partial charge in [0.2, 0.25) is 0 Å². The van der Waals surface area contributed by atoms with Gasteiger partial charge < -0.3 is 5.32 Å². The van der Waals surface area contributed by atoms with Crippen molar-refractivity contribution in [1.29, 1.82) is 0 Å². The lowest BCUT2D eigenvalue weighted by molar-refractivity contribution is 0.393. The van der Waals surface area contributed by atoms with E-state index in [1.807, 2.05) is 13.2 Å². The van der Waals surface area contributed by atoms with Crippen LogP contribution < -0.4 is 5.32 Å². The third kappa shape index (κ3) is 3.16. The summed E-state index contributed by atoms with van der Waals surface area (Å²) in [5.74, 6) is 0.580. The predicted molar refractivity (Wildman–Crippen MR) is 84.3 cm³/mol. The van der Waals surface area contributed by atoms with Crippen molar-refractivity contribution in [3.63, 3.8) is 0 Å². The Bertz CT molecular complexity index is 590. The van der Waals surface area contributed by atoms with Gasteiger partial charge in [-0.05, 0) is 42.9 Å². The Kier molecular flexibility index (Phi) is 4.34. The van der Waals surface area contributed by atoms with Gasteiger partial charge in [0.25, 0.3) is 0 Å². The van der Waals surface area contributed by atoms with Crippen LogP contribution in [0.4, 0.5) is 0 Å². The summed E-state index contributed by atoms with van der Waals surface area (Å²) in [6, 6.07) is 9.36. The molecule has 0 radical (unpaired) electrons. The van der Waals surface area contributed by atoms with E-state index in [2.05, 4.69) is 46.8 Å². The van der Waals surface area contributed by atoms with Gasteiger partial charge in [-0.3, -0.25) is 4.68 Å². The SMILES string of the molecule is CCNC(Cc1cn(C)nn1)C1CCCc2ccccc21. The van der Waals surface area contributed by atoms with Crippen molar-refractivity contribution >= 4 is 0 Å². The van der Waals surface area contributed by atoms with Crippen LogP contribution in [0.15, 0.2) is 30.5 Å². The lowest BCUT2D eigenvalue weighted by atomic mass is 9.77. The number of hydrogen-bond donors (Lipinski definition) is 1. The summed E-state index contributed by atoms with van der Waals surface area (Å²) in [5.41, 5.74) is 4.13. The highest BCUT2D eigenvalue weighted by atomic mass is 15.4. The van der Waals surface area contributed by atoms with Gasteiger partial charge in [0.15, 0.2) is 0 Å². The van der Waals surface area contributed by atoms with E-state index in [1.54, 1.807) is 4.68 Å². The fraction of sp³-hybridized carbons (Fsp3) is 0.529. The molecule has 3 rings (SSSR count). The fourth-order valence-electron chi connectivity index (χ4n) is 3.54. The molecule has 1 aliphatic rings. The van der Waals surface area contributed by atoms with E-state index >= 15 is 0 Å². The van der Waals surface area contributed by atoms with Crippen molar-refractivity contribution in [3.05, 3.63) is 47.3 Å². The van der Waals surface area contributed by atoms with Crippen LogP contribution in [-0.2, 0) is 19.9 Å². The number of aromatic nitrogens is 3. The van der Waals surface area contributed by atoms with E-state index in [0.29, 0.717) is 12.0 Å². The van der Waals surface area contributed by atoms with Gasteiger partial charge in [-0.2, -0.15) is 0 Å². The molecule has 4 nitrogen and oxygen atoms in total. The molecule has 2 aromatic rings. The Balaban J connectivity index is 1.84. The maximum Gasteiger partial charge on any atom is 0.0842 e. The third-order valence-corrected chi connectivity index (χ3v) is 4.45. The predicted octanol–water partition coefficient (Wildman–Crippen LogP) is 2.46. The van der Waals surface area contributed by atoms with E-state index in [1.165, 1.54) is 30.4 Å². The van der Waals surface area contributed by atoms with Crippen LogP contribution in [0, 0.1) is 0 Å². The average Bonchev–Trinajstić information content (AvgIpc) is 2.91. The van der Waals surface area contributed by atoms with Gasteiger partial charge in [-0.25, -0.2) is 0 Å². The molecule has 0 aliphatic heterocycles. The molecule has 112 valence electrons. The minimum atomic E-state index is 0.438. The molecular weight excluding hydrogens is 260 g/mol. The Hall–Kier alpha value is -1.68. The second-order valence-electron chi connectivity index (χ2n) is 5.95. The van der Waals surface area contributed by atoms with Crippen molar-refractivity contribution < 1.29 is 0 Å². The number of rotatable bonds is 5. The third-order valence-electron chi connectivity index (χ3n) is 4.45. The summed E-state index contributed by atoms with van der Waals surface area (Å²) < 4.78 is 1.78. The number of benzene rings is 1. The van der Waals surface area contributed by atoms with Crippen LogP contribution in [0.2, 0.25) is 0 Å². The summed E-state index contributed by atoms with van der Waals surface area (Å²) >= 11 is 0. The van der Waals surface area contributed by atoms with Crippen LogP contribution in [0.1, 0.15) is 42.5 Å². The van der Waals surface area contributed by atoms with Crippen LogP contribution in [-0.4, -0.2) is 27.6 Å². The molecule has 1 aromatic heterocycles. The van der Waals surface area contributed by atoms with Crippen molar-refractivity contribution in [2.24, 2.45) is 7.05 Å². The molecule has 4 heteroatoms. The molecule has 1 aliphatic carbocycles. The zero-order chi connectivity index (χ0) is 14.7.